The normalized spacial score (nSPS) is 24.1. The van der Waals surface area contributed by atoms with Gasteiger partial charge in [-0.05, 0) is 38.8 Å². The monoisotopic (exact) mass is 280 g/mol. The van der Waals surface area contributed by atoms with Crippen LogP contribution in [0.25, 0.3) is 0 Å². The number of furan rings is 1. The van der Waals surface area contributed by atoms with E-state index in [1.165, 1.54) is 0 Å². The van der Waals surface area contributed by atoms with Crippen LogP contribution in [0.3, 0.4) is 0 Å². The molecule has 1 fully saturated rings. The molecule has 1 aliphatic carbocycles. The SMILES string of the molecule is Cc1ccc(C(C)NC(=O)NC2CCCCC2CO)o1. The van der Waals surface area contributed by atoms with Crippen LogP contribution in [0.2, 0.25) is 0 Å². The molecular formula is C15H24N2O3. The first-order valence-electron chi connectivity index (χ1n) is 7.34. The summed E-state index contributed by atoms with van der Waals surface area (Å²) in [5.41, 5.74) is 0. The molecule has 5 heteroatoms. The van der Waals surface area contributed by atoms with Crippen LogP contribution in [-0.4, -0.2) is 23.8 Å². The highest BCUT2D eigenvalue weighted by Crippen LogP contribution is 2.24. The highest BCUT2D eigenvalue weighted by molar-refractivity contribution is 5.74. The zero-order valence-electron chi connectivity index (χ0n) is 12.2. The molecule has 0 aliphatic heterocycles. The van der Waals surface area contributed by atoms with E-state index in [-0.39, 0.29) is 30.6 Å². The van der Waals surface area contributed by atoms with Crippen molar-refractivity contribution in [2.75, 3.05) is 6.61 Å². The lowest BCUT2D eigenvalue weighted by Gasteiger charge is -2.31. The van der Waals surface area contributed by atoms with Gasteiger partial charge < -0.3 is 20.2 Å². The van der Waals surface area contributed by atoms with E-state index in [4.69, 9.17) is 4.42 Å². The molecule has 0 spiro atoms. The van der Waals surface area contributed by atoms with Crippen molar-refractivity contribution in [1.82, 2.24) is 10.6 Å². The molecule has 0 bridgehead atoms. The third-order valence-electron chi connectivity index (χ3n) is 4.00. The van der Waals surface area contributed by atoms with E-state index in [9.17, 15) is 9.90 Å². The smallest absolute Gasteiger partial charge is 0.315 e. The van der Waals surface area contributed by atoms with E-state index in [2.05, 4.69) is 10.6 Å². The van der Waals surface area contributed by atoms with Crippen LogP contribution in [0.4, 0.5) is 4.79 Å². The quantitative estimate of drug-likeness (QED) is 0.793. The lowest BCUT2D eigenvalue weighted by atomic mass is 9.85. The fraction of sp³-hybridized carbons (Fsp3) is 0.667. The van der Waals surface area contributed by atoms with Crippen molar-refractivity contribution in [3.05, 3.63) is 23.7 Å². The van der Waals surface area contributed by atoms with Gasteiger partial charge in [0, 0.05) is 18.6 Å². The maximum absolute atomic E-state index is 12.0. The van der Waals surface area contributed by atoms with Crippen molar-refractivity contribution in [2.24, 2.45) is 5.92 Å². The minimum Gasteiger partial charge on any atom is -0.464 e. The summed E-state index contributed by atoms with van der Waals surface area (Å²) in [6.45, 7) is 3.91. The van der Waals surface area contributed by atoms with Crippen molar-refractivity contribution in [2.45, 2.75) is 51.6 Å². The fourth-order valence-electron chi connectivity index (χ4n) is 2.78. The Morgan fingerprint density at radius 3 is 2.85 bits per heavy atom. The van der Waals surface area contributed by atoms with Gasteiger partial charge >= 0.3 is 6.03 Å². The Kier molecular flexibility index (Phi) is 5.06. The molecule has 0 saturated heterocycles. The van der Waals surface area contributed by atoms with Crippen molar-refractivity contribution in [3.8, 4) is 0 Å². The third-order valence-corrected chi connectivity index (χ3v) is 4.00. The number of aryl methyl sites for hydroxylation is 1. The number of hydrogen-bond acceptors (Lipinski definition) is 3. The molecular weight excluding hydrogens is 256 g/mol. The molecule has 2 amide bonds. The summed E-state index contributed by atoms with van der Waals surface area (Å²) in [7, 11) is 0. The van der Waals surface area contributed by atoms with Gasteiger partial charge in [0.05, 0.1) is 6.04 Å². The van der Waals surface area contributed by atoms with Gasteiger partial charge in [0.25, 0.3) is 0 Å². The molecule has 1 aliphatic rings. The van der Waals surface area contributed by atoms with Crippen molar-refractivity contribution >= 4 is 6.03 Å². The Hall–Kier alpha value is -1.49. The lowest BCUT2D eigenvalue weighted by Crippen LogP contribution is -2.48. The van der Waals surface area contributed by atoms with E-state index in [0.29, 0.717) is 0 Å². The predicted molar refractivity (Wildman–Crippen MR) is 76.4 cm³/mol. The van der Waals surface area contributed by atoms with Gasteiger partial charge in [0.1, 0.15) is 11.5 Å². The Labute approximate surface area is 119 Å². The Bertz CT molecular complexity index is 444. The molecule has 3 atom stereocenters. The molecule has 112 valence electrons. The van der Waals surface area contributed by atoms with Crippen molar-refractivity contribution < 1.29 is 14.3 Å². The average molecular weight is 280 g/mol. The number of rotatable bonds is 4. The first-order valence-corrected chi connectivity index (χ1v) is 7.34. The molecule has 2 rings (SSSR count). The van der Waals surface area contributed by atoms with Crippen molar-refractivity contribution in [1.29, 1.82) is 0 Å². The second-order valence-electron chi connectivity index (χ2n) is 5.62. The van der Waals surface area contributed by atoms with E-state index in [1.807, 2.05) is 26.0 Å². The number of nitrogens with one attached hydrogen (secondary N) is 2. The molecule has 1 heterocycles. The van der Waals surface area contributed by atoms with Gasteiger partial charge in [-0.1, -0.05) is 12.8 Å². The largest absolute Gasteiger partial charge is 0.464 e. The first kappa shape index (κ1) is 14.9. The summed E-state index contributed by atoms with van der Waals surface area (Å²) in [5, 5.41) is 15.2. The van der Waals surface area contributed by atoms with E-state index in [0.717, 1.165) is 37.2 Å². The highest BCUT2D eigenvalue weighted by Gasteiger charge is 2.26. The van der Waals surface area contributed by atoms with Gasteiger partial charge in [0.2, 0.25) is 0 Å². The van der Waals surface area contributed by atoms with Crippen LogP contribution >= 0.6 is 0 Å². The molecule has 0 aromatic carbocycles. The number of amides is 2. The summed E-state index contributed by atoms with van der Waals surface area (Å²) in [5.74, 6) is 1.76. The zero-order chi connectivity index (χ0) is 14.5. The number of hydrogen-bond donors (Lipinski definition) is 3. The molecule has 1 aromatic rings. The maximum Gasteiger partial charge on any atom is 0.315 e. The number of aliphatic hydroxyl groups is 1. The van der Waals surface area contributed by atoms with Crippen LogP contribution < -0.4 is 10.6 Å². The van der Waals surface area contributed by atoms with Gasteiger partial charge in [0.15, 0.2) is 0 Å². The molecule has 20 heavy (non-hydrogen) atoms. The number of aliphatic hydroxyl groups excluding tert-OH is 1. The molecule has 5 nitrogen and oxygen atoms in total. The van der Waals surface area contributed by atoms with Gasteiger partial charge in [-0.25, -0.2) is 4.79 Å². The maximum atomic E-state index is 12.0. The predicted octanol–water partition coefficient (Wildman–Crippen LogP) is 2.50. The summed E-state index contributed by atoms with van der Waals surface area (Å²) in [6.07, 6.45) is 4.16. The fourth-order valence-corrected chi connectivity index (χ4v) is 2.78. The van der Waals surface area contributed by atoms with Crippen LogP contribution in [0, 0.1) is 12.8 Å². The lowest BCUT2D eigenvalue weighted by molar-refractivity contribution is 0.153. The second-order valence-corrected chi connectivity index (χ2v) is 5.62. The van der Waals surface area contributed by atoms with Crippen LogP contribution in [0.5, 0.6) is 0 Å². The number of urea groups is 1. The summed E-state index contributed by atoms with van der Waals surface area (Å²) in [6, 6.07) is 3.46. The molecule has 3 unspecified atom stereocenters. The molecule has 1 saturated carbocycles. The minimum absolute atomic E-state index is 0.0688. The van der Waals surface area contributed by atoms with Crippen LogP contribution in [0.1, 0.15) is 50.2 Å². The van der Waals surface area contributed by atoms with Gasteiger partial charge in [-0.3, -0.25) is 0 Å². The standard InChI is InChI=1S/C15H24N2O3/c1-10-7-8-14(20-10)11(2)16-15(19)17-13-6-4-3-5-12(13)9-18/h7-8,11-13,18H,3-6,9H2,1-2H3,(H2,16,17,19). The Balaban J connectivity index is 1.85. The van der Waals surface area contributed by atoms with E-state index >= 15 is 0 Å². The highest BCUT2D eigenvalue weighted by atomic mass is 16.3. The summed E-state index contributed by atoms with van der Waals surface area (Å²) >= 11 is 0. The minimum atomic E-state index is -0.197. The molecule has 1 aromatic heterocycles. The zero-order valence-corrected chi connectivity index (χ0v) is 12.2. The molecule has 3 N–H and O–H groups in total. The van der Waals surface area contributed by atoms with Crippen molar-refractivity contribution in [3.63, 3.8) is 0 Å². The number of carbonyl (C=O) groups is 1. The number of carbonyl (C=O) groups excluding carboxylic acids is 1. The average Bonchev–Trinajstić information content (AvgIpc) is 2.86. The first-order chi connectivity index (χ1) is 9.60. The van der Waals surface area contributed by atoms with E-state index < -0.39 is 0 Å². The topological polar surface area (TPSA) is 74.5 Å². The van der Waals surface area contributed by atoms with Gasteiger partial charge in [-0.15, -0.1) is 0 Å². The third kappa shape index (κ3) is 3.76. The Morgan fingerprint density at radius 2 is 2.20 bits per heavy atom. The van der Waals surface area contributed by atoms with Crippen LogP contribution in [-0.2, 0) is 0 Å². The summed E-state index contributed by atoms with van der Waals surface area (Å²) < 4.78 is 5.50. The van der Waals surface area contributed by atoms with E-state index in [1.54, 1.807) is 0 Å². The van der Waals surface area contributed by atoms with Crippen LogP contribution in [0.15, 0.2) is 16.5 Å². The van der Waals surface area contributed by atoms with Gasteiger partial charge in [-0.2, -0.15) is 0 Å². The Morgan fingerprint density at radius 1 is 1.45 bits per heavy atom. The molecule has 0 radical (unpaired) electrons. The second kappa shape index (κ2) is 6.79. The summed E-state index contributed by atoms with van der Waals surface area (Å²) in [4.78, 5) is 12.0.